The summed E-state index contributed by atoms with van der Waals surface area (Å²) >= 11 is 1.24. The average molecular weight is 863 g/mol. The summed E-state index contributed by atoms with van der Waals surface area (Å²) in [5.41, 5.74) is -1.36. The number of carbonyl (C=O) groups is 5. The third-order valence-corrected chi connectivity index (χ3v) is 12.1. The monoisotopic (exact) mass is 862 g/mol. The number of alkyl carbamates (subject to hydrolysis) is 1. The van der Waals surface area contributed by atoms with Crippen LogP contribution in [0.3, 0.4) is 0 Å². The molecular weight excluding hydrogens is 805 g/mol. The number of nitrogens with zero attached hydrogens (tertiary/aromatic N) is 3. The number of fused-ring (bicyclic) bond motifs is 1. The molecule has 3 heterocycles. The van der Waals surface area contributed by atoms with E-state index in [-0.39, 0.29) is 36.8 Å². The van der Waals surface area contributed by atoms with Crippen molar-refractivity contribution in [2.24, 2.45) is 16.7 Å². The molecule has 2 aromatic heterocycles. The molecular formula is C44H58N6O10S. The number of hydrogen-bond acceptors (Lipinski definition) is 12. The lowest BCUT2D eigenvalue weighted by Crippen LogP contribution is -2.59. The van der Waals surface area contributed by atoms with Crippen molar-refractivity contribution < 1.29 is 48.0 Å². The zero-order valence-corrected chi connectivity index (χ0v) is 37.0. The first kappa shape index (κ1) is 45.1. The predicted molar refractivity (Wildman–Crippen MR) is 230 cm³/mol. The summed E-state index contributed by atoms with van der Waals surface area (Å²) in [6.07, 6.45) is 4.64. The van der Waals surface area contributed by atoms with Gasteiger partial charge in [0.2, 0.25) is 17.7 Å². The molecule has 16 nitrogen and oxygen atoms in total. The normalized spacial score (nSPS) is 22.2. The quantitative estimate of drug-likeness (QED) is 0.125. The number of methoxy groups -OCH3 is 2. The number of hydrogen-bond donors (Lipinski definition) is 4. The molecule has 3 aliphatic rings. The minimum Gasteiger partial charge on any atom is -0.493 e. The van der Waals surface area contributed by atoms with Crippen molar-refractivity contribution in [2.75, 3.05) is 26.1 Å². The first-order chi connectivity index (χ1) is 28.8. The van der Waals surface area contributed by atoms with Gasteiger partial charge in [-0.15, -0.1) is 17.9 Å². The Morgan fingerprint density at radius 1 is 1.00 bits per heavy atom. The number of nitrogens with one attached hydrogen (secondary N) is 3. The van der Waals surface area contributed by atoms with Crippen LogP contribution < -0.4 is 30.2 Å². The number of carbonyl (C=O) groups excluding carboxylic acids is 4. The fourth-order valence-electron chi connectivity index (χ4n) is 8.07. The Hall–Kier alpha value is -5.45. The van der Waals surface area contributed by atoms with Gasteiger partial charge in [0.25, 0.3) is 0 Å². The zero-order chi connectivity index (χ0) is 44.4. The summed E-state index contributed by atoms with van der Waals surface area (Å²) < 4.78 is 23.8. The number of anilines is 1. The van der Waals surface area contributed by atoms with Crippen molar-refractivity contribution in [3.8, 4) is 28.6 Å². The van der Waals surface area contributed by atoms with E-state index in [4.69, 9.17) is 23.9 Å². The molecule has 0 spiro atoms. The molecule has 1 saturated heterocycles. The fraction of sp³-hybridized carbons (Fsp3) is 0.568. The Kier molecular flexibility index (Phi) is 13.2. The molecule has 2 aliphatic carbocycles. The first-order valence-electron chi connectivity index (χ1n) is 20.7. The Balaban J connectivity index is 1.34. The molecule has 0 radical (unpaired) electrons. The second-order valence-electron chi connectivity index (χ2n) is 18.4. The minimum absolute atomic E-state index is 0.0114. The van der Waals surface area contributed by atoms with Crippen molar-refractivity contribution >= 4 is 57.2 Å². The van der Waals surface area contributed by atoms with Crippen LogP contribution in [0.25, 0.3) is 22.3 Å². The van der Waals surface area contributed by atoms with E-state index in [1.165, 1.54) is 36.5 Å². The van der Waals surface area contributed by atoms with Gasteiger partial charge < -0.3 is 44.9 Å². The lowest BCUT2D eigenvalue weighted by atomic mass is 9.85. The Labute approximate surface area is 360 Å². The van der Waals surface area contributed by atoms with E-state index >= 15 is 0 Å². The van der Waals surface area contributed by atoms with Crippen LogP contribution in [0.5, 0.6) is 17.2 Å². The van der Waals surface area contributed by atoms with Gasteiger partial charge in [-0.1, -0.05) is 54.0 Å². The van der Waals surface area contributed by atoms with Gasteiger partial charge in [-0.2, -0.15) is 0 Å². The van der Waals surface area contributed by atoms with E-state index in [0.717, 1.165) is 32.1 Å². The molecule has 17 heteroatoms. The second-order valence-corrected chi connectivity index (χ2v) is 19.3. The molecule has 3 aromatic rings. The highest BCUT2D eigenvalue weighted by molar-refractivity contribution is 7.14. The van der Waals surface area contributed by atoms with Gasteiger partial charge in [0, 0.05) is 35.6 Å². The number of aliphatic carboxylic acids is 1. The molecule has 3 fully saturated rings. The van der Waals surface area contributed by atoms with Crippen LogP contribution in [-0.4, -0.2) is 100 Å². The van der Waals surface area contributed by atoms with Crippen LogP contribution in [0.4, 0.5) is 9.93 Å². The summed E-state index contributed by atoms with van der Waals surface area (Å²) in [5, 5.41) is 21.2. The van der Waals surface area contributed by atoms with Crippen molar-refractivity contribution in [3.63, 3.8) is 0 Å². The van der Waals surface area contributed by atoms with Crippen molar-refractivity contribution in [2.45, 2.75) is 123 Å². The number of benzene rings is 1. The SMILES string of the molecule is C=C[C@@H]1C[C@]1(NC(=O)[C@@H]1C[C@@H](Oc2cc(-c3csc(NC(=O)CC(C)(C)C)n3)nc3c(OC)c(OC)ccc23)CN1C(=O)[C@@H](NC(=O)OC1CCCCC1)C(C)(C)C)C(=O)O. The standard InChI is InChI=1S/C44H58N6O10S/c1-10-24-20-44(24,39(54)55)49-37(52)30-18-26(22-50(30)38(53)36(43(5,6)7)48-41(56)60-25-14-12-11-13-15-25)59-32-19-28(45-34-27(32)16-17-31(57-8)35(34)58-9)29-23-61-40(46-29)47-33(51)21-42(2,3)4/h10,16-17,19,23-26,30,36H,1,11-15,18,20-22H2,2-9H3,(H,48,56)(H,49,52)(H,54,55)(H,46,47,51)/t24-,26-,30+,36-,44-/m1/s1. The van der Waals surface area contributed by atoms with Gasteiger partial charge in [-0.3, -0.25) is 14.4 Å². The molecule has 330 valence electrons. The van der Waals surface area contributed by atoms with Crippen LogP contribution >= 0.6 is 11.3 Å². The van der Waals surface area contributed by atoms with E-state index < -0.39 is 58.9 Å². The highest BCUT2D eigenvalue weighted by Crippen LogP contribution is 2.45. The van der Waals surface area contributed by atoms with E-state index in [9.17, 15) is 29.1 Å². The van der Waals surface area contributed by atoms with Gasteiger partial charge in [-0.25, -0.2) is 19.6 Å². The van der Waals surface area contributed by atoms with Crippen LogP contribution in [0.1, 0.15) is 92.9 Å². The maximum atomic E-state index is 14.7. The van der Waals surface area contributed by atoms with Gasteiger partial charge >= 0.3 is 12.1 Å². The predicted octanol–water partition coefficient (Wildman–Crippen LogP) is 6.72. The molecule has 0 unspecified atom stereocenters. The van der Waals surface area contributed by atoms with Crippen LogP contribution in [0.15, 0.2) is 36.2 Å². The summed E-state index contributed by atoms with van der Waals surface area (Å²) in [7, 11) is 3.00. The zero-order valence-electron chi connectivity index (χ0n) is 36.2. The molecule has 5 atom stereocenters. The maximum absolute atomic E-state index is 14.7. The molecule has 4 N–H and O–H groups in total. The smallest absolute Gasteiger partial charge is 0.408 e. The maximum Gasteiger partial charge on any atom is 0.408 e. The Morgan fingerprint density at radius 3 is 2.33 bits per heavy atom. The summed E-state index contributed by atoms with van der Waals surface area (Å²) in [6, 6.07) is 2.90. The summed E-state index contributed by atoms with van der Waals surface area (Å²) in [4.78, 5) is 78.4. The van der Waals surface area contributed by atoms with E-state index in [1.807, 2.05) is 20.8 Å². The number of likely N-dealkylation sites (tertiary alicyclic amines) is 1. The highest BCUT2D eigenvalue weighted by Gasteiger charge is 2.61. The second kappa shape index (κ2) is 17.9. The molecule has 1 aromatic carbocycles. The largest absolute Gasteiger partial charge is 0.493 e. The lowest BCUT2D eigenvalue weighted by Gasteiger charge is -2.35. The molecule has 0 bridgehead atoms. The van der Waals surface area contributed by atoms with Crippen molar-refractivity contribution in [1.82, 2.24) is 25.5 Å². The number of carboxylic acids is 1. The molecule has 61 heavy (non-hydrogen) atoms. The summed E-state index contributed by atoms with van der Waals surface area (Å²) in [5.74, 6) is -1.99. The molecule has 1 aliphatic heterocycles. The minimum atomic E-state index is -1.55. The van der Waals surface area contributed by atoms with Gasteiger partial charge in [-0.05, 0) is 55.1 Å². The Morgan fingerprint density at radius 2 is 1.72 bits per heavy atom. The number of ether oxygens (including phenoxy) is 4. The Bertz CT molecular complexity index is 2170. The third-order valence-electron chi connectivity index (χ3n) is 11.4. The van der Waals surface area contributed by atoms with Crippen LogP contribution in [0, 0.1) is 16.7 Å². The number of rotatable bonds is 14. The number of carboxylic acid groups (broad SMARTS) is 1. The third kappa shape index (κ3) is 10.2. The van der Waals surface area contributed by atoms with Crippen LogP contribution in [0.2, 0.25) is 0 Å². The van der Waals surface area contributed by atoms with Crippen molar-refractivity contribution in [3.05, 3.63) is 36.2 Å². The number of aromatic nitrogens is 2. The first-order valence-corrected chi connectivity index (χ1v) is 21.6. The number of pyridine rings is 1. The van der Waals surface area contributed by atoms with E-state index in [0.29, 0.717) is 51.1 Å². The van der Waals surface area contributed by atoms with Gasteiger partial charge in [0.05, 0.1) is 26.5 Å². The topological polar surface area (TPSA) is 208 Å². The molecule has 6 rings (SSSR count). The average Bonchev–Trinajstić information content (AvgIpc) is 3.46. The van der Waals surface area contributed by atoms with Crippen molar-refractivity contribution in [1.29, 1.82) is 0 Å². The van der Waals surface area contributed by atoms with Gasteiger partial charge in [0.15, 0.2) is 16.6 Å². The van der Waals surface area contributed by atoms with Crippen LogP contribution in [-0.2, 0) is 23.9 Å². The number of thiazole rings is 1. The highest BCUT2D eigenvalue weighted by atomic mass is 32.1. The number of amides is 4. The van der Waals surface area contributed by atoms with E-state index in [1.54, 1.807) is 44.4 Å². The van der Waals surface area contributed by atoms with Gasteiger partial charge in [0.1, 0.15) is 46.8 Å². The van der Waals surface area contributed by atoms with E-state index in [2.05, 4.69) is 27.5 Å². The summed E-state index contributed by atoms with van der Waals surface area (Å²) in [6.45, 7) is 15.0. The molecule has 4 amide bonds. The fourth-order valence-corrected chi connectivity index (χ4v) is 8.79. The lowest BCUT2D eigenvalue weighted by molar-refractivity contribution is -0.146. The molecule has 2 saturated carbocycles.